The number of carbonyl (C=O) groups excluding carboxylic acids is 1. The highest BCUT2D eigenvalue weighted by molar-refractivity contribution is 7.99. The van der Waals surface area contributed by atoms with Gasteiger partial charge in [-0.05, 0) is 29.8 Å². The third-order valence-electron chi connectivity index (χ3n) is 4.25. The predicted octanol–water partition coefficient (Wildman–Crippen LogP) is 4.95. The summed E-state index contributed by atoms with van der Waals surface area (Å²) in [7, 11) is 0. The Kier molecular flexibility index (Phi) is 5.60. The number of aromatic nitrogens is 4. The highest BCUT2D eigenvalue weighted by Gasteiger charge is 2.18. The van der Waals surface area contributed by atoms with Crippen molar-refractivity contribution in [2.45, 2.75) is 11.7 Å². The van der Waals surface area contributed by atoms with E-state index < -0.39 is 0 Å². The first kappa shape index (κ1) is 18.5. The molecule has 7 heteroatoms. The van der Waals surface area contributed by atoms with E-state index in [9.17, 15) is 4.79 Å². The molecule has 0 radical (unpaired) electrons. The van der Waals surface area contributed by atoms with Gasteiger partial charge in [0.2, 0.25) is 0 Å². The molecule has 28 heavy (non-hydrogen) atoms. The zero-order valence-corrected chi connectivity index (χ0v) is 16.5. The lowest BCUT2D eigenvalue weighted by Crippen LogP contribution is -2.07. The Labute approximate surface area is 171 Å². The van der Waals surface area contributed by atoms with Crippen molar-refractivity contribution in [2.24, 2.45) is 0 Å². The Balaban J connectivity index is 1.66. The standard InChI is InChI=1S/C21H17ClN4OS/c22-17-10-5-4-9-16(17)20-24-25-21(26(20)13-15-7-2-1-3-8-15)28-14-19(27)18-11-6-12-23-18/h1-12,23H,13-14H2. The molecule has 0 fully saturated rings. The smallest absolute Gasteiger partial charge is 0.192 e. The van der Waals surface area contributed by atoms with E-state index in [-0.39, 0.29) is 11.5 Å². The number of rotatable bonds is 7. The van der Waals surface area contributed by atoms with Crippen LogP contribution in [0.5, 0.6) is 0 Å². The molecule has 0 bridgehead atoms. The highest BCUT2D eigenvalue weighted by atomic mass is 35.5. The second-order valence-electron chi connectivity index (χ2n) is 6.15. The summed E-state index contributed by atoms with van der Waals surface area (Å²) in [6.07, 6.45) is 1.74. The first-order chi connectivity index (χ1) is 13.7. The number of ketones is 1. The van der Waals surface area contributed by atoms with Gasteiger partial charge in [0.05, 0.1) is 23.0 Å². The largest absolute Gasteiger partial charge is 0.359 e. The maximum atomic E-state index is 12.3. The number of thioether (sulfide) groups is 1. The van der Waals surface area contributed by atoms with Crippen LogP contribution in [0.3, 0.4) is 0 Å². The minimum atomic E-state index is 0.0172. The quantitative estimate of drug-likeness (QED) is 0.347. The first-order valence-electron chi connectivity index (χ1n) is 8.74. The Bertz CT molecular complexity index is 1080. The molecule has 2 aromatic heterocycles. The van der Waals surface area contributed by atoms with Crippen molar-refractivity contribution in [3.8, 4) is 11.4 Å². The van der Waals surface area contributed by atoms with Gasteiger partial charge in [-0.25, -0.2) is 0 Å². The number of nitrogens with zero attached hydrogens (tertiary/aromatic N) is 3. The molecular weight excluding hydrogens is 392 g/mol. The lowest BCUT2D eigenvalue weighted by Gasteiger charge is -2.11. The maximum absolute atomic E-state index is 12.3. The van der Waals surface area contributed by atoms with Crippen molar-refractivity contribution in [3.63, 3.8) is 0 Å². The molecule has 0 aliphatic carbocycles. The number of carbonyl (C=O) groups is 1. The molecule has 0 spiro atoms. The van der Waals surface area contributed by atoms with Crippen LogP contribution in [0, 0.1) is 0 Å². The molecule has 0 saturated carbocycles. The van der Waals surface area contributed by atoms with Gasteiger partial charge in [-0.1, -0.05) is 65.8 Å². The molecule has 0 aliphatic rings. The van der Waals surface area contributed by atoms with Crippen molar-refractivity contribution in [3.05, 3.63) is 89.2 Å². The second-order valence-corrected chi connectivity index (χ2v) is 7.50. The molecule has 0 saturated heterocycles. The van der Waals surface area contributed by atoms with Crippen molar-refractivity contribution >= 4 is 29.1 Å². The van der Waals surface area contributed by atoms with E-state index >= 15 is 0 Å². The average Bonchev–Trinajstić information content (AvgIpc) is 3.38. The maximum Gasteiger partial charge on any atom is 0.192 e. The lowest BCUT2D eigenvalue weighted by atomic mass is 10.2. The van der Waals surface area contributed by atoms with Gasteiger partial charge >= 0.3 is 0 Å². The summed E-state index contributed by atoms with van der Waals surface area (Å²) in [5, 5.41) is 10.0. The van der Waals surface area contributed by atoms with Gasteiger partial charge < -0.3 is 4.98 Å². The fourth-order valence-corrected chi connectivity index (χ4v) is 3.90. The Hall–Kier alpha value is -2.83. The average molecular weight is 409 g/mol. The van der Waals surface area contributed by atoms with Crippen molar-refractivity contribution in [1.29, 1.82) is 0 Å². The summed E-state index contributed by atoms with van der Waals surface area (Å²) in [6.45, 7) is 0.591. The number of benzene rings is 2. The zero-order valence-electron chi connectivity index (χ0n) is 14.9. The molecule has 0 unspecified atom stereocenters. The van der Waals surface area contributed by atoms with Crippen LogP contribution in [-0.2, 0) is 6.54 Å². The van der Waals surface area contributed by atoms with E-state index in [4.69, 9.17) is 11.6 Å². The normalized spacial score (nSPS) is 10.9. The monoisotopic (exact) mass is 408 g/mol. The SMILES string of the molecule is O=C(CSc1nnc(-c2ccccc2Cl)n1Cc1ccccc1)c1ccc[nH]1. The predicted molar refractivity (Wildman–Crippen MR) is 112 cm³/mol. The fraction of sp³-hybridized carbons (Fsp3) is 0.0952. The van der Waals surface area contributed by atoms with Gasteiger partial charge in [0, 0.05) is 11.8 Å². The number of Topliss-reactive ketones (excluding diaryl/α,β-unsaturated/α-hetero) is 1. The third-order valence-corrected chi connectivity index (χ3v) is 5.54. The summed E-state index contributed by atoms with van der Waals surface area (Å²) in [6, 6.07) is 21.2. The first-order valence-corrected chi connectivity index (χ1v) is 10.1. The van der Waals surface area contributed by atoms with Crippen molar-refractivity contribution in [2.75, 3.05) is 5.75 Å². The summed E-state index contributed by atoms with van der Waals surface area (Å²) in [5.74, 6) is 0.975. The molecule has 0 aliphatic heterocycles. The van der Waals surface area contributed by atoms with Crippen LogP contribution in [0.4, 0.5) is 0 Å². The van der Waals surface area contributed by atoms with E-state index in [1.54, 1.807) is 12.3 Å². The van der Waals surface area contributed by atoms with Crippen molar-refractivity contribution in [1.82, 2.24) is 19.7 Å². The van der Waals surface area contributed by atoms with Gasteiger partial charge in [-0.3, -0.25) is 9.36 Å². The molecule has 140 valence electrons. The van der Waals surface area contributed by atoms with Crippen molar-refractivity contribution < 1.29 is 4.79 Å². The van der Waals surface area contributed by atoms with Crippen LogP contribution >= 0.6 is 23.4 Å². The number of halogens is 1. The Morgan fingerprint density at radius 1 is 1.00 bits per heavy atom. The van der Waals surface area contributed by atoms with Crippen LogP contribution in [0.1, 0.15) is 16.1 Å². The van der Waals surface area contributed by atoms with Gasteiger partial charge in [0.15, 0.2) is 16.8 Å². The lowest BCUT2D eigenvalue weighted by molar-refractivity contribution is 0.101. The molecule has 4 rings (SSSR count). The minimum Gasteiger partial charge on any atom is -0.359 e. The van der Waals surface area contributed by atoms with Crippen LogP contribution in [0.2, 0.25) is 5.02 Å². The summed E-state index contributed by atoms with van der Waals surface area (Å²) >= 11 is 7.76. The molecule has 2 aromatic carbocycles. The summed E-state index contributed by atoms with van der Waals surface area (Å²) in [5.41, 5.74) is 2.52. The minimum absolute atomic E-state index is 0.0172. The molecule has 1 N–H and O–H groups in total. The summed E-state index contributed by atoms with van der Waals surface area (Å²) in [4.78, 5) is 15.3. The van der Waals surface area contributed by atoms with Crippen LogP contribution in [0.15, 0.2) is 78.1 Å². The number of aromatic amines is 1. The van der Waals surface area contributed by atoms with E-state index in [0.717, 1.165) is 11.1 Å². The number of H-pyrrole nitrogens is 1. The van der Waals surface area contributed by atoms with E-state index in [1.807, 2.05) is 53.1 Å². The van der Waals surface area contributed by atoms with Gasteiger partial charge in [-0.15, -0.1) is 10.2 Å². The molecular formula is C21H17ClN4OS. The topological polar surface area (TPSA) is 63.6 Å². The van der Waals surface area contributed by atoms with Crippen LogP contribution in [-0.4, -0.2) is 31.3 Å². The molecule has 2 heterocycles. The molecule has 5 nitrogen and oxygen atoms in total. The number of hydrogen-bond acceptors (Lipinski definition) is 4. The molecule has 0 atom stereocenters. The molecule has 4 aromatic rings. The molecule has 0 amide bonds. The second kappa shape index (κ2) is 8.46. The van der Waals surface area contributed by atoms with E-state index in [2.05, 4.69) is 27.3 Å². The van der Waals surface area contributed by atoms with Crippen LogP contribution in [0.25, 0.3) is 11.4 Å². The zero-order chi connectivity index (χ0) is 19.3. The number of nitrogens with one attached hydrogen (secondary N) is 1. The fourth-order valence-electron chi connectivity index (χ4n) is 2.86. The van der Waals surface area contributed by atoms with E-state index in [1.165, 1.54) is 11.8 Å². The highest BCUT2D eigenvalue weighted by Crippen LogP contribution is 2.30. The van der Waals surface area contributed by atoms with E-state index in [0.29, 0.717) is 28.2 Å². The Morgan fingerprint density at radius 2 is 1.79 bits per heavy atom. The van der Waals surface area contributed by atoms with Gasteiger partial charge in [0.25, 0.3) is 0 Å². The third kappa shape index (κ3) is 4.03. The van der Waals surface area contributed by atoms with Crippen LogP contribution < -0.4 is 0 Å². The van der Waals surface area contributed by atoms with Gasteiger partial charge in [-0.2, -0.15) is 0 Å². The van der Waals surface area contributed by atoms with Gasteiger partial charge in [0.1, 0.15) is 0 Å². The Morgan fingerprint density at radius 3 is 2.54 bits per heavy atom. The number of hydrogen-bond donors (Lipinski definition) is 1. The summed E-state index contributed by atoms with van der Waals surface area (Å²) < 4.78 is 2.00.